The van der Waals surface area contributed by atoms with Crippen molar-refractivity contribution in [1.29, 1.82) is 0 Å². The molecule has 0 radical (unpaired) electrons. The van der Waals surface area contributed by atoms with Crippen LogP contribution in [0.2, 0.25) is 0 Å². The van der Waals surface area contributed by atoms with E-state index in [1.807, 2.05) is 37.1 Å². The fraction of sp³-hybridized carbons (Fsp3) is 0.185. The zero-order valence-electron chi connectivity index (χ0n) is 19.7. The molecule has 9 nitrogen and oxygen atoms in total. The molecule has 0 aliphatic carbocycles. The highest BCUT2D eigenvalue weighted by molar-refractivity contribution is 6.51. The molecule has 1 atom stereocenters. The normalized spacial score (nSPS) is 19.0. The van der Waals surface area contributed by atoms with Crippen LogP contribution in [0.15, 0.2) is 66.5 Å². The number of aromatic amines is 1. The van der Waals surface area contributed by atoms with E-state index in [-0.39, 0.29) is 17.3 Å². The number of hydrogen-bond acceptors (Lipinski definition) is 7. The number of imidazole rings is 1. The lowest BCUT2D eigenvalue weighted by Gasteiger charge is -2.28. The average Bonchev–Trinajstić information content (AvgIpc) is 3.42. The maximum Gasteiger partial charge on any atom is 0.302 e. The van der Waals surface area contributed by atoms with Crippen LogP contribution in [-0.4, -0.2) is 51.9 Å². The summed E-state index contributed by atoms with van der Waals surface area (Å²) in [6, 6.07) is 13.5. The molecule has 4 heterocycles. The van der Waals surface area contributed by atoms with Gasteiger partial charge >= 0.3 is 5.91 Å². The van der Waals surface area contributed by atoms with Crippen molar-refractivity contribution in [3.05, 3.63) is 83.2 Å². The summed E-state index contributed by atoms with van der Waals surface area (Å²) in [7, 11) is 1.93. The first kappa shape index (κ1) is 21.8. The van der Waals surface area contributed by atoms with Crippen molar-refractivity contribution in [1.82, 2.24) is 15.0 Å². The summed E-state index contributed by atoms with van der Waals surface area (Å²) in [6.07, 6.45) is 3.19. The number of hydrogen-bond donors (Lipinski definition) is 2. The molecule has 6 rings (SSSR count). The SMILES string of the molecule is Cc1ccc2nc(N3C(=O)C(=O)/C(=C(/O)c4ccc5c(c4)N(C)CCO5)C3c3cccnc3)[nH]c2c1. The van der Waals surface area contributed by atoms with Crippen LogP contribution >= 0.6 is 0 Å². The van der Waals surface area contributed by atoms with Gasteiger partial charge in [-0.2, -0.15) is 0 Å². The Morgan fingerprint density at radius 3 is 2.83 bits per heavy atom. The number of pyridine rings is 1. The topological polar surface area (TPSA) is 112 Å². The zero-order chi connectivity index (χ0) is 25.0. The molecule has 1 amide bonds. The van der Waals surface area contributed by atoms with E-state index in [1.165, 1.54) is 4.90 Å². The van der Waals surface area contributed by atoms with Crippen molar-refractivity contribution in [3.8, 4) is 5.75 Å². The summed E-state index contributed by atoms with van der Waals surface area (Å²) >= 11 is 0. The molecule has 2 aliphatic rings. The Bertz CT molecular complexity index is 1560. The van der Waals surface area contributed by atoms with Crippen molar-refractivity contribution < 1.29 is 19.4 Å². The van der Waals surface area contributed by atoms with Gasteiger partial charge in [-0.25, -0.2) is 4.98 Å². The smallest absolute Gasteiger partial charge is 0.302 e. The van der Waals surface area contributed by atoms with Gasteiger partial charge in [-0.3, -0.25) is 19.5 Å². The number of nitrogens with one attached hydrogen (secondary N) is 1. The lowest BCUT2D eigenvalue weighted by molar-refractivity contribution is -0.132. The summed E-state index contributed by atoms with van der Waals surface area (Å²) in [5, 5.41) is 11.4. The van der Waals surface area contributed by atoms with Crippen molar-refractivity contribution in [3.63, 3.8) is 0 Å². The van der Waals surface area contributed by atoms with Crippen LogP contribution in [0.5, 0.6) is 5.75 Å². The quantitative estimate of drug-likeness (QED) is 0.261. The summed E-state index contributed by atoms with van der Waals surface area (Å²) in [6.45, 7) is 3.23. The van der Waals surface area contributed by atoms with Crippen LogP contribution in [0, 0.1) is 6.92 Å². The molecule has 2 aromatic heterocycles. The molecule has 0 saturated carbocycles. The van der Waals surface area contributed by atoms with Gasteiger partial charge < -0.3 is 19.7 Å². The Morgan fingerprint density at radius 2 is 2.03 bits per heavy atom. The number of fused-ring (bicyclic) bond motifs is 2. The number of carbonyl (C=O) groups excluding carboxylic acids is 2. The molecule has 2 aromatic carbocycles. The third-order valence-electron chi connectivity index (χ3n) is 6.63. The number of nitrogens with zero attached hydrogens (tertiary/aromatic N) is 4. The number of benzene rings is 2. The molecule has 0 bridgehead atoms. The second-order valence-electron chi connectivity index (χ2n) is 8.99. The maximum absolute atomic E-state index is 13.4. The molecule has 36 heavy (non-hydrogen) atoms. The molecular weight excluding hydrogens is 458 g/mol. The molecule has 2 N–H and O–H groups in total. The van der Waals surface area contributed by atoms with E-state index in [1.54, 1.807) is 42.7 Å². The predicted molar refractivity (Wildman–Crippen MR) is 135 cm³/mol. The number of aromatic nitrogens is 3. The second kappa shape index (κ2) is 8.23. The number of carbonyl (C=O) groups is 2. The van der Waals surface area contributed by atoms with Gasteiger partial charge in [-0.15, -0.1) is 0 Å². The van der Waals surface area contributed by atoms with E-state index in [0.717, 1.165) is 16.8 Å². The third-order valence-corrected chi connectivity index (χ3v) is 6.63. The van der Waals surface area contributed by atoms with Crippen LogP contribution in [-0.2, 0) is 9.59 Å². The van der Waals surface area contributed by atoms with Gasteiger partial charge in [-0.1, -0.05) is 12.1 Å². The minimum Gasteiger partial charge on any atom is -0.507 e. The van der Waals surface area contributed by atoms with Crippen LogP contribution in [0.3, 0.4) is 0 Å². The molecule has 9 heteroatoms. The van der Waals surface area contributed by atoms with E-state index < -0.39 is 17.7 Å². The Morgan fingerprint density at radius 1 is 1.17 bits per heavy atom. The first-order chi connectivity index (χ1) is 17.4. The highest BCUT2D eigenvalue weighted by Gasteiger charge is 2.48. The summed E-state index contributed by atoms with van der Waals surface area (Å²) < 4.78 is 5.71. The van der Waals surface area contributed by atoms with E-state index >= 15 is 0 Å². The minimum atomic E-state index is -0.912. The molecule has 1 fully saturated rings. The van der Waals surface area contributed by atoms with E-state index in [2.05, 4.69) is 15.0 Å². The molecule has 180 valence electrons. The lowest BCUT2D eigenvalue weighted by Crippen LogP contribution is -2.30. The van der Waals surface area contributed by atoms with Gasteiger partial charge in [0.15, 0.2) is 0 Å². The largest absolute Gasteiger partial charge is 0.507 e. The molecule has 4 aromatic rings. The van der Waals surface area contributed by atoms with Crippen LogP contribution in [0.4, 0.5) is 11.6 Å². The second-order valence-corrected chi connectivity index (χ2v) is 8.99. The number of aryl methyl sites for hydroxylation is 1. The fourth-order valence-corrected chi connectivity index (χ4v) is 4.78. The van der Waals surface area contributed by atoms with Crippen molar-refractivity contribution in [2.45, 2.75) is 13.0 Å². The van der Waals surface area contributed by atoms with Gasteiger partial charge in [-0.05, 0) is 54.4 Å². The number of ether oxygens (including phenoxy) is 1. The average molecular weight is 482 g/mol. The van der Waals surface area contributed by atoms with Gasteiger partial charge in [0, 0.05) is 25.0 Å². The van der Waals surface area contributed by atoms with Crippen molar-refractivity contribution >= 4 is 40.1 Å². The van der Waals surface area contributed by atoms with E-state index in [9.17, 15) is 14.7 Å². The molecule has 2 aliphatic heterocycles. The Labute approximate surface area is 206 Å². The number of likely N-dealkylation sites (N-methyl/N-ethyl adjacent to an activating group) is 1. The first-order valence-corrected chi connectivity index (χ1v) is 11.6. The molecule has 0 spiro atoms. The zero-order valence-corrected chi connectivity index (χ0v) is 19.7. The molecular formula is C27H23N5O4. The van der Waals surface area contributed by atoms with E-state index in [0.29, 0.717) is 35.5 Å². The standard InChI is InChI=1S/C27H23N5O4/c1-15-5-7-18-19(12-15)30-27(29-18)32-23(17-4-3-9-28-14-17)22(25(34)26(32)35)24(33)16-6-8-21-20(13-16)31(2)10-11-36-21/h3-9,12-14,23,33H,10-11H2,1-2H3,(H,29,30)/b24-22+. The Kier molecular flexibility index (Phi) is 4.99. The van der Waals surface area contributed by atoms with Gasteiger partial charge in [0.05, 0.1) is 34.9 Å². The highest BCUT2D eigenvalue weighted by atomic mass is 16.5. The number of H-pyrrole nitrogens is 1. The number of anilines is 2. The van der Waals surface area contributed by atoms with E-state index in [4.69, 9.17) is 4.74 Å². The minimum absolute atomic E-state index is 0.0241. The van der Waals surface area contributed by atoms with Crippen molar-refractivity contribution in [2.75, 3.05) is 30.0 Å². The van der Waals surface area contributed by atoms with Gasteiger partial charge in [0.25, 0.3) is 5.78 Å². The Hall–Kier alpha value is -4.66. The number of rotatable bonds is 3. The number of aliphatic hydroxyl groups is 1. The maximum atomic E-state index is 13.4. The molecule has 1 unspecified atom stereocenters. The predicted octanol–water partition coefficient (Wildman–Crippen LogP) is 3.72. The summed E-state index contributed by atoms with van der Waals surface area (Å²) in [5.74, 6) is -0.912. The highest BCUT2D eigenvalue weighted by Crippen LogP contribution is 2.42. The fourth-order valence-electron chi connectivity index (χ4n) is 4.78. The van der Waals surface area contributed by atoms with Gasteiger partial charge in [0.2, 0.25) is 5.95 Å². The number of ketones is 1. The van der Waals surface area contributed by atoms with Crippen LogP contribution < -0.4 is 14.5 Å². The van der Waals surface area contributed by atoms with Crippen molar-refractivity contribution in [2.24, 2.45) is 0 Å². The number of Topliss-reactive ketones (excluding diaryl/α,β-unsaturated/α-hetero) is 1. The van der Waals surface area contributed by atoms with Gasteiger partial charge in [0.1, 0.15) is 18.1 Å². The van der Waals surface area contributed by atoms with Crippen LogP contribution in [0.1, 0.15) is 22.7 Å². The third kappa shape index (κ3) is 3.39. The number of aliphatic hydroxyl groups excluding tert-OH is 1. The monoisotopic (exact) mass is 481 g/mol. The summed E-state index contributed by atoms with van der Waals surface area (Å²) in [5.41, 5.74) is 4.21. The molecule has 1 saturated heterocycles. The Balaban J connectivity index is 1.53. The summed E-state index contributed by atoms with van der Waals surface area (Å²) in [4.78, 5) is 42.0. The number of amides is 1. The first-order valence-electron chi connectivity index (χ1n) is 11.6. The lowest BCUT2D eigenvalue weighted by atomic mass is 9.96. The van der Waals surface area contributed by atoms with Crippen LogP contribution in [0.25, 0.3) is 16.8 Å².